The lowest BCUT2D eigenvalue weighted by atomic mass is 10.0. The number of hydrogen-bond donors (Lipinski definition) is 0. The second-order valence-corrected chi connectivity index (χ2v) is 7.37. The summed E-state index contributed by atoms with van der Waals surface area (Å²) in [7, 11) is 0. The van der Waals surface area contributed by atoms with Crippen molar-refractivity contribution in [3.05, 3.63) is 59.6 Å². The highest BCUT2D eigenvalue weighted by Gasteiger charge is 2.31. The molecular formula is C20H19FN4O2S. The summed E-state index contributed by atoms with van der Waals surface area (Å²) in [5.74, 6) is -0.0196. The predicted octanol–water partition coefficient (Wildman–Crippen LogP) is 3.84. The molecule has 0 amide bonds. The number of rotatable bonds is 5. The number of anilines is 1. The van der Waals surface area contributed by atoms with E-state index < -0.39 is 0 Å². The van der Waals surface area contributed by atoms with Gasteiger partial charge in [0.2, 0.25) is 5.95 Å². The van der Waals surface area contributed by atoms with Crippen LogP contribution in [0.3, 0.4) is 0 Å². The van der Waals surface area contributed by atoms with Crippen molar-refractivity contribution >= 4 is 23.3 Å². The molecule has 1 aliphatic rings. The Morgan fingerprint density at radius 3 is 2.79 bits per heavy atom. The second kappa shape index (κ2) is 8.43. The van der Waals surface area contributed by atoms with Gasteiger partial charge in [-0.25, -0.2) is 24.1 Å². The van der Waals surface area contributed by atoms with Gasteiger partial charge in [0.25, 0.3) is 0 Å². The van der Waals surface area contributed by atoms with E-state index in [2.05, 4.69) is 15.0 Å². The highest BCUT2D eigenvalue weighted by atomic mass is 32.1. The summed E-state index contributed by atoms with van der Waals surface area (Å²) in [5, 5.41) is 2.62. The topological polar surface area (TPSA) is 68.2 Å². The van der Waals surface area contributed by atoms with Gasteiger partial charge >= 0.3 is 5.97 Å². The van der Waals surface area contributed by atoms with E-state index in [0.717, 1.165) is 36.4 Å². The third-order valence-electron chi connectivity index (χ3n) is 4.59. The zero-order valence-electron chi connectivity index (χ0n) is 15.1. The summed E-state index contributed by atoms with van der Waals surface area (Å²) in [6, 6.07) is 7.54. The minimum absolute atomic E-state index is 0.108. The molecule has 0 N–H and O–H groups in total. The van der Waals surface area contributed by atoms with Crippen molar-refractivity contribution in [2.45, 2.75) is 31.9 Å². The minimum Gasteiger partial charge on any atom is -0.458 e. The maximum absolute atomic E-state index is 13.1. The molecule has 3 aromatic rings. The number of halogens is 1. The molecule has 1 unspecified atom stereocenters. The fraction of sp³-hybridized carbons (Fsp3) is 0.300. The number of benzene rings is 1. The molecule has 6 nitrogen and oxygen atoms in total. The summed E-state index contributed by atoms with van der Waals surface area (Å²) >= 11 is 1.44. The van der Waals surface area contributed by atoms with Gasteiger partial charge in [0.1, 0.15) is 23.5 Å². The maximum Gasteiger partial charge on any atom is 0.329 e. The Labute approximate surface area is 166 Å². The molecule has 28 heavy (non-hydrogen) atoms. The summed E-state index contributed by atoms with van der Waals surface area (Å²) in [4.78, 5) is 27.6. The molecular weight excluding hydrogens is 379 g/mol. The molecule has 0 saturated carbocycles. The number of esters is 1. The molecule has 0 spiro atoms. The highest BCUT2D eigenvalue weighted by Crippen LogP contribution is 2.25. The number of piperidine rings is 1. The molecule has 1 saturated heterocycles. The average Bonchev–Trinajstić information content (AvgIpc) is 3.22. The molecule has 1 aliphatic heterocycles. The molecule has 0 aliphatic carbocycles. The molecule has 2 aromatic heterocycles. The third-order valence-corrected chi connectivity index (χ3v) is 5.53. The van der Waals surface area contributed by atoms with Gasteiger partial charge < -0.3 is 9.64 Å². The number of carbonyl (C=O) groups is 1. The first-order valence-electron chi connectivity index (χ1n) is 9.11. The van der Waals surface area contributed by atoms with Gasteiger partial charge in [-0.2, -0.15) is 0 Å². The zero-order chi connectivity index (χ0) is 19.3. The normalized spacial score (nSPS) is 16.8. The molecule has 8 heteroatoms. The van der Waals surface area contributed by atoms with Crippen LogP contribution in [0.15, 0.2) is 48.1 Å². The minimum atomic E-state index is -0.383. The van der Waals surface area contributed by atoms with E-state index in [1.54, 1.807) is 30.6 Å². The van der Waals surface area contributed by atoms with Crippen molar-refractivity contribution in [2.24, 2.45) is 0 Å². The number of thiazole rings is 1. The van der Waals surface area contributed by atoms with Gasteiger partial charge in [0, 0.05) is 29.9 Å². The first kappa shape index (κ1) is 18.5. The Bertz CT molecular complexity index is 933. The number of ether oxygens (including phenoxy) is 1. The number of carbonyl (C=O) groups excluding carboxylic acids is 1. The first-order chi connectivity index (χ1) is 13.7. The quantitative estimate of drug-likeness (QED) is 0.608. The Kier molecular flexibility index (Phi) is 5.57. The van der Waals surface area contributed by atoms with E-state index >= 15 is 0 Å². The summed E-state index contributed by atoms with van der Waals surface area (Å²) < 4.78 is 18.6. The lowest BCUT2D eigenvalue weighted by Crippen LogP contribution is -2.46. The first-order valence-corrected chi connectivity index (χ1v) is 9.99. The lowest BCUT2D eigenvalue weighted by molar-refractivity contribution is -0.147. The zero-order valence-corrected chi connectivity index (χ0v) is 15.9. The van der Waals surface area contributed by atoms with E-state index in [0.29, 0.717) is 11.6 Å². The van der Waals surface area contributed by atoms with E-state index in [-0.39, 0.29) is 24.4 Å². The van der Waals surface area contributed by atoms with Gasteiger partial charge in [0.05, 0.1) is 5.69 Å². The fourth-order valence-electron chi connectivity index (χ4n) is 3.20. The fourth-order valence-corrected chi connectivity index (χ4v) is 4.01. The van der Waals surface area contributed by atoms with E-state index in [9.17, 15) is 9.18 Å². The summed E-state index contributed by atoms with van der Waals surface area (Å²) in [6.45, 7) is 0.839. The summed E-state index contributed by atoms with van der Waals surface area (Å²) in [6.07, 6.45) is 6.02. The molecule has 1 fully saturated rings. The number of nitrogens with zero attached hydrogens (tertiary/aromatic N) is 4. The van der Waals surface area contributed by atoms with E-state index in [4.69, 9.17) is 4.74 Å². The maximum atomic E-state index is 13.1. The van der Waals surface area contributed by atoms with Gasteiger partial charge in [-0.3, -0.25) is 0 Å². The SMILES string of the molecule is O=C(OCc1csc(-c2ccc(F)cc2)n1)C1CCCCN1c1ncccn1. The Balaban J connectivity index is 1.40. The van der Waals surface area contributed by atoms with Crippen LogP contribution in [0.5, 0.6) is 0 Å². The molecule has 1 atom stereocenters. The molecule has 0 radical (unpaired) electrons. The monoisotopic (exact) mass is 398 g/mol. The summed E-state index contributed by atoms with van der Waals surface area (Å²) in [5.41, 5.74) is 1.51. The Morgan fingerprint density at radius 2 is 2.00 bits per heavy atom. The van der Waals surface area contributed by atoms with Crippen molar-refractivity contribution in [2.75, 3.05) is 11.4 Å². The molecule has 1 aromatic carbocycles. The van der Waals surface area contributed by atoms with Crippen LogP contribution in [0.25, 0.3) is 10.6 Å². The Hall–Kier alpha value is -2.87. The van der Waals surface area contributed by atoms with Crippen LogP contribution in [0, 0.1) is 5.82 Å². The van der Waals surface area contributed by atoms with Crippen LogP contribution >= 0.6 is 11.3 Å². The molecule has 0 bridgehead atoms. The molecule has 4 rings (SSSR count). The smallest absolute Gasteiger partial charge is 0.329 e. The van der Waals surface area contributed by atoms with Crippen molar-refractivity contribution in [3.8, 4) is 10.6 Å². The number of aromatic nitrogens is 3. The largest absolute Gasteiger partial charge is 0.458 e. The standard InChI is InChI=1S/C20H19FN4O2S/c21-15-7-5-14(6-8-15)18-24-16(13-28-18)12-27-19(26)17-4-1-2-11-25(17)20-22-9-3-10-23-20/h3,5-10,13,17H,1-2,4,11-12H2. The third kappa shape index (κ3) is 4.17. The average molecular weight is 398 g/mol. The van der Waals surface area contributed by atoms with Gasteiger partial charge in [-0.05, 0) is 49.6 Å². The van der Waals surface area contributed by atoms with Crippen molar-refractivity contribution in [3.63, 3.8) is 0 Å². The van der Waals surface area contributed by atoms with Crippen LogP contribution in [0.2, 0.25) is 0 Å². The molecule has 144 valence electrons. The molecule has 3 heterocycles. The van der Waals surface area contributed by atoms with Crippen LogP contribution in [-0.2, 0) is 16.1 Å². The van der Waals surface area contributed by atoms with Crippen LogP contribution in [-0.4, -0.2) is 33.5 Å². The van der Waals surface area contributed by atoms with Gasteiger partial charge in [-0.15, -0.1) is 11.3 Å². The van der Waals surface area contributed by atoms with Gasteiger partial charge in [0.15, 0.2) is 0 Å². The predicted molar refractivity (Wildman–Crippen MR) is 104 cm³/mol. The van der Waals surface area contributed by atoms with Crippen molar-refractivity contribution < 1.29 is 13.9 Å². The van der Waals surface area contributed by atoms with Crippen molar-refractivity contribution in [1.82, 2.24) is 15.0 Å². The van der Waals surface area contributed by atoms with Gasteiger partial charge in [-0.1, -0.05) is 0 Å². The highest BCUT2D eigenvalue weighted by molar-refractivity contribution is 7.13. The lowest BCUT2D eigenvalue weighted by Gasteiger charge is -2.33. The van der Waals surface area contributed by atoms with Crippen molar-refractivity contribution in [1.29, 1.82) is 0 Å². The van der Waals surface area contributed by atoms with Crippen LogP contribution < -0.4 is 4.90 Å². The van der Waals surface area contributed by atoms with E-state index in [1.807, 2.05) is 10.3 Å². The van der Waals surface area contributed by atoms with Crippen LogP contribution in [0.4, 0.5) is 10.3 Å². The Morgan fingerprint density at radius 1 is 1.21 bits per heavy atom. The van der Waals surface area contributed by atoms with Crippen LogP contribution in [0.1, 0.15) is 25.0 Å². The van der Waals surface area contributed by atoms with E-state index in [1.165, 1.54) is 23.5 Å². The number of hydrogen-bond acceptors (Lipinski definition) is 7. The second-order valence-electron chi connectivity index (χ2n) is 6.51.